The molecule has 1 N–H and O–H groups in total. The third-order valence-corrected chi connectivity index (χ3v) is 1.99. The lowest BCUT2D eigenvalue weighted by molar-refractivity contribution is 0.112. The van der Waals surface area contributed by atoms with Gasteiger partial charge in [0.2, 0.25) is 0 Å². The molecule has 0 fully saturated rings. The number of rotatable bonds is 1. The van der Waals surface area contributed by atoms with E-state index in [2.05, 4.69) is 9.97 Å². The summed E-state index contributed by atoms with van der Waals surface area (Å²) in [5, 5.41) is 0.501. The fraction of sp³-hybridized carbons (Fsp3) is 0.100. The summed E-state index contributed by atoms with van der Waals surface area (Å²) in [6.45, 7) is 1.70. The van der Waals surface area contributed by atoms with E-state index in [1.165, 1.54) is 0 Å². The second kappa shape index (κ2) is 3.06. The molecule has 0 aliphatic carbocycles. The predicted octanol–water partition coefficient (Wildman–Crippen LogP) is 1.04. The van der Waals surface area contributed by atoms with Crippen molar-refractivity contribution in [3.05, 3.63) is 39.9 Å². The Balaban J connectivity index is 2.88. The summed E-state index contributed by atoms with van der Waals surface area (Å²) in [4.78, 5) is 28.6. The summed E-state index contributed by atoms with van der Waals surface area (Å²) in [7, 11) is 0. The fourth-order valence-corrected chi connectivity index (χ4v) is 1.35. The number of benzene rings is 1. The van der Waals surface area contributed by atoms with Crippen LogP contribution < -0.4 is 5.56 Å². The number of nitrogens with zero attached hydrogens (tertiary/aromatic N) is 1. The summed E-state index contributed by atoms with van der Waals surface area (Å²) in [5.74, 6) is 0.547. The van der Waals surface area contributed by atoms with E-state index in [1.54, 1.807) is 25.1 Å². The van der Waals surface area contributed by atoms with Gasteiger partial charge < -0.3 is 4.98 Å². The van der Waals surface area contributed by atoms with Crippen molar-refractivity contribution in [1.29, 1.82) is 0 Å². The lowest BCUT2D eigenvalue weighted by Gasteiger charge is -1.98. The van der Waals surface area contributed by atoms with Crippen molar-refractivity contribution in [2.24, 2.45) is 0 Å². The van der Waals surface area contributed by atoms with E-state index in [0.29, 0.717) is 22.3 Å². The molecule has 0 amide bonds. The first-order valence-electron chi connectivity index (χ1n) is 4.16. The van der Waals surface area contributed by atoms with E-state index in [0.717, 1.165) is 6.29 Å². The first-order chi connectivity index (χ1) is 6.70. The van der Waals surface area contributed by atoms with E-state index in [4.69, 9.17) is 0 Å². The van der Waals surface area contributed by atoms with Crippen LogP contribution in [0.3, 0.4) is 0 Å². The maximum atomic E-state index is 11.4. The normalized spacial score (nSPS) is 10.4. The highest BCUT2D eigenvalue weighted by molar-refractivity contribution is 5.85. The number of aldehydes is 1. The number of fused-ring (bicyclic) bond motifs is 1. The van der Waals surface area contributed by atoms with Gasteiger partial charge in [0.15, 0.2) is 0 Å². The number of carbonyl (C=O) groups excluding carboxylic acids is 1. The van der Waals surface area contributed by atoms with Crippen LogP contribution in [0.4, 0.5) is 0 Å². The predicted molar refractivity (Wildman–Crippen MR) is 52.5 cm³/mol. The molecule has 1 aromatic heterocycles. The third-order valence-electron chi connectivity index (χ3n) is 1.99. The number of aromatic nitrogens is 2. The first kappa shape index (κ1) is 8.62. The summed E-state index contributed by atoms with van der Waals surface area (Å²) >= 11 is 0. The van der Waals surface area contributed by atoms with Gasteiger partial charge in [0, 0.05) is 5.56 Å². The fourth-order valence-electron chi connectivity index (χ4n) is 1.35. The van der Waals surface area contributed by atoms with Gasteiger partial charge >= 0.3 is 0 Å². The van der Waals surface area contributed by atoms with E-state index < -0.39 is 0 Å². The van der Waals surface area contributed by atoms with Crippen LogP contribution in [-0.2, 0) is 0 Å². The Morgan fingerprint density at radius 3 is 2.93 bits per heavy atom. The van der Waals surface area contributed by atoms with Crippen LogP contribution in [0.5, 0.6) is 0 Å². The smallest absolute Gasteiger partial charge is 0.258 e. The molecule has 0 atom stereocenters. The zero-order valence-electron chi connectivity index (χ0n) is 7.57. The Bertz CT molecular complexity index is 558. The highest BCUT2D eigenvalue weighted by Crippen LogP contribution is 2.08. The number of nitrogens with one attached hydrogen (secondary N) is 1. The third kappa shape index (κ3) is 1.31. The largest absolute Gasteiger partial charge is 0.310 e. The summed E-state index contributed by atoms with van der Waals surface area (Å²) in [6, 6.07) is 4.80. The zero-order valence-corrected chi connectivity index (χ0v) is 7.57. The number of H-pyrrole nitrogens is 1. The minimum atomic E-state index is -0.176. The molecule has 0 bridgehead atoms. The van der Waals surface area contributed by atoms with E-state index >= 15 is 0 Å². The molecular weight excluding hydrogens is 180 g/mol. The molecule has 0 unspecified atom stereocenters. The maximum Gasteiger partial charge on any atom is 0.258 e. The summed E-state index contributed by atoms with van der Waals surface area (Å²) in [5.41, 5.74) is 0.899. The topological polar surface area (TPSA) is 62.8 Å². The monoisotopic (exact) mass is 188 g/mol. The van der Waals surface area contributed by atoms with Gasteiger partial charge in [-0.1, -0.05) is 6.07 Å². The van der Waals surface area contributed by atoms with Crippen LogP contribution in [0, 0.1) is 6.92 Å². The second-order valence-corrected chi connectivity index (χ2v) is 3.05. The quantitative estimate of drug-likeness (QED) is 0.680. The van der Waals surface area contributed by atoms with Crippen molar-refractivity contribution in [3.63, 3.8) is 0 Å². The number of aromatic amines is 1. The van der Waals surface area contributed by atoms with Gasteiger partial charge in [0.1, 0.15) is 12.1 Å². The van der Waals surface area contributed by atoms with Crippen LogP contribution in [0.15, 0.2) is 23.0 Å². The van der Waals surface area contributed by atoms with Crippen LogP contribution >= 0.6 is 0 Å². The number of hydrogen-bond acceptors (Lipinski definition) is 3. The molecule has 0 saturated carbocycles. The second-order valence-electron chi connectivity index (χ2n) is 3.05. The van der Waals surface area contributed by atoms with Gasteiger partial charge in [-0.3, -0.25) is 9.59 Å². The zero-order chi connectivity index (χ0) is 10.1. The lowest BCUT2D eigenvalue weighted by atomic mass is 10.2. The number of aryl methyl sites for hydroxylation is 1. The highest BCUT2D eigenvalue weighted by atomic mass is 16.1. The molecule has 4 heteroatoms. The van der Waals surface area contributed by atoms with Crippen LogP contribution in [0.1, 0.15) is 16.2 Å². The first-order valence-corrected chi connectivity index (χ1v) is 4.16. The molecule has 0 saturated heterocycles. The molecule has 1 heterocycles. The van der Waals surface area contributed by atoms with Crippen LogP contribution in [0.2, 0.25) is 0 Å². The average Bonchev–Trinajstić information content (AvgIpc) is 2.16. The highest BCUT2D eigenvalue weighted by Gasteiger charge is 2.01. The van der Waals surface area contributed by atoms with E-state index in [9.17, 15) is 9.59 Å². The van der Waals surface area contributed by atoms with Crippen molar-refractivity contribution in [1.82, 2.24) is 9.97 Å². The van der Waals surface area contributed by atoms with Crippen LogP contribution in [0.25, 0.3) is 10.9 Å². The van der Waals surface area contributed by atoms with Crippen molar-refractivity contribution in [2.75, 3.05) is 0 Å². The summed E-state index contributed by atoms with van der Waals surface area (Å²) < 4.78 is 0. The molecule has 0 aliphatic rings. The molecule has 2 aromatic rings. The molecule has 0 aliphatic heterocycles. The minimum absolute atomic E-state index is 0.176. The SMILES string of the molecule is Cc1nc2cc(C=O)ccc2c(=O)[nH]1. The van der Waals surface area contributed by atoms with Crippen molar-refractivity contribution >= 4 is 17.2 Å². The van der Waals surface area contributed by atoms with Gasteiger partial charge in [-0.15, -0.1) is 0 Å². The Labute approximate surface area is 79.6 Å². The molecule has 4 nitrogen and oxygen atoms in total. The Morgan fingerprint density at radius 2 is 2.21 bits per heavy atom. The van der Waals surface area contributed by atoms with E-state index in [1.807, 2.05) is 0 Å². The molecule has 14 heavy (non-hydrogen) atoms. The average molecular weight is 188 g/mol. The number of carbonyl (C=O) groups is 1. The minimum Gasteiger partial charge on any atom is -0.310 e. The lowest BCUT2D eigenvalue weighted by Crippen LogP contribution is -2.09. The maximum absolute atomic E-state index is 11.4. The number of hydrogen-bond donors (Lipinski definition) is 1. The van der Waals surface area contributed by atoms with Gasteiger partial charge in [-0.25, -0.2) is 4.98 Å². The Kier molecular flexibility index (Phi) is 1.89. The van der Waals surface area contributed by atoms with Gasteiger partial charge in [0.05, 0.1) is 10.9 Å². The van der Waals surface area contributed by atoms with Crippen molar-refractivity contribution in [2.45, 2.75) is 6.92 Å². The molecule has 1 aromatic carbocycles. The standard InChI is InChI=1S/C10H8N2O2/c1-6-11-9-4-7(5-13)2-3-8(9)10(14)12-6/h2-5H,1H3,(H,11,12,14). The summed E-state index contributed by atoms with van der Waals surface area (Å²) in [6.07, 6.45) is 0.734. The molecule has 0 spiro atoms. The molecule has 0 radical (unpaired) electrons. The van der Waals surface area contributed by atoms with Gasteiger partial charge in [-0.2, -0.15) is 0 Å². The van der Waals surface area contributed by atoms with Gasteiger partial charge in [0.25, 0.3) is 5.56 Å². The molecule has 70 valence electrons. The van der Waals surface area contributed by atoms with Crippen molar-refractivity contribution in [3.8, 4) is 0 Å². The van der Waals surface area contributed by atoms with Crippen LogP contribution in [-0.4, -0.2) is 16.3 Å². The Morgan fingerprint density at radius 1 is 1.43 bits per heavy atom. The Hall–Kier alpha value is -1.97. The molecular formula is C10H8N2O2. The molecule has 2 rings (SSSR count). The van der Waals surface area contributed by atoms with Crippen molar-refractivity contribution < 1.29 is 4.79 Å². The van der Waals surface area contributed by atoms with Gasteiger partial charge in [-0.05, 0) is 19.1 Å². The van der Waals surface area contributed by atoms with E-state index in [-0.39, 0.29) is 5.56 Å².